The number of halogens is 3. The Kier molecular flexibility index (Phi) is 5.00. The first-order valence-corrected chi connectivity index (χ1v) is 9.73. The van der Waals surface area contributed by atoms with E-state index in [0.717, 1.165) is 26.5 Å². The summed E-state index contributed by atoms with van der Waals surface area (Å²) in [6.07, 6.45) is 0. The average molecular weight is 457 g/mol. The van der Waals surface area contributed by atoms with Crippen molar-refractivity contribution in [3.63, 3.8) is 0 Å². The molecule has 0 aliphatic heterocycles. The van der Waals surface area contributed by atoms with E-state index in [-0.39, 0.29) is 5.78 Å². The van der Waals surface area contributed by atoms with Crippen molar-refractivity contribution in [2.75, 3.05) is 0 Å². The largest absolute Gasteiger partial charge is 0.287 e. The first kappa shape index (κ1) is 18.2. The molecule has 0 radical (unpaired) electrons. The zero-order chi connectivity index (χ0) is 19.0. The van der Waals surface area contributed by atoms with Crippen molar-refractivity contribution >= 4 is 55.8 Å². The van der Waals surface area contributed by atoms with Gasteiger partial charge in [0.25, 0.3) is 0 Å². The normalized spacial score (nSPS) is 10.9. The Bertz CT molecular complexity index is 1160. The molecule has 0 saturated carbocycles. The van der Waals surface area contributed by atoms with Crippen LogP contribution in [-0.4, -0.2) is 10.8 Å². The molecule has 2 nitrogen and oxygen atoms in total. The van der Waals surface area contributed by atoms with Crippen molar-refractivity contribution in [1.29, 1.82) is 0 Å². The van der Waals surface area contributed by atoms with Gasteiger partial charge < -0.3 is 0 Å². The Balaban J connectivity index is 1.92. The van der Waals surface area contributed by atoms with Gasteiger partial charge in [0.1, 0.15) is 5.69 Å². The first-order chi connectivity index (χ1) is 13.0. The van der Waals surface area contributed by atoms with Gasteiger partial charge in [-0.15, -0.1) is 0 Å². The van der Waals surface area contributed by atoms with Gasteiger partial charge in [-0.05, 0) is 71.8 Å². The van der Waals surface area contributed by atoms with E-state index in [0.29, 0.717) is 21.3 Å². The number of carbonyl (C=O) groups is 1. The molecule has 0 aliphatic rings. The van der Waals surface area contributed by atoms with Gasteiger partial charge in [-0.1, -0.05) is 51.3 Å². The van der Waals surface area contributed by atoms with Gasteiger partial charge in [0.15, 0.2) is 0 Å². The van der Waals surface area contributed by atoms with E-state index in [4.69, 9.17) is 23.2 Å². The predicted molar refractivity (Wildman–Crippen MR) is 115 cm³/mol. The standard InChI is InChI=1S/C22H12BrCl2NO/c23-15-5-1-13(2-6-15)18-12-21(22(27)14-3-7-16(24)8-4-14)26-20-10-9-17(25)11-19(18)20/h1-12H. The lowest BCUT2D eigenvalue weighted by atomic mass is 9.98. The van der Waals surface area contributed by atoms with E-state index in [1.54, 1.807) is 30.3 Å². The third kappa shape index (κ3) is 3.77. The molecule has 0 aliphatic carbocycles. The van der Waals surface area contributed by atoms with Crippen LogP contribution >= 0.6 is 39.1 Å². The summed E-state index contributed by atoms with van der Waals surface area (Å²) < 4.78 is 0.986. The van der Waals surface area contributed by atoms with Gasteiger partial charge >= 0.3 is 0 Å². The maximum absolute atomic E-state index is 13.0. The molecule has 0 fully saturated rings. The van der Waals surface area contributed by atoms with Crippen LogP contribution in [0.25, 0.3) is 22.0 Å². The van der Waals surface area contributed by atoms with E-state index in [1.165, 1.54) is 0 Å². The number of rotatable bonds is 3. The Morgan fingerprint density at radius 2 is 1.48 bits per heavy atom. The third-order valence-electron chi connectivity index (χ3n) is 4.27. The molecular weight excluding hydrogens is 445 g/mol. The minimum absolute atomic E-state index is 0.151. The molecule has 0 saturated heterocycles. The van der Waals surface area contributed by atoms with Gasteiger partial charge in [-0.3, -0.25) is 4.79 Å². The summed E-state index contributed by atoms with van der Waals surface area (Å²) in [5, 5.41) is 2.11. The fourth-order valence-corrected chi connectivity index (χ4v) is 3.49. The summed E-state index contributed by atoms with van der Waals surface area (Å²) in [4.78, 5) is 17.5. The van der Waals surface area contributed by atoms with Crippen molar-refractivity contribution in [1.82, 2.24) is 4.98 Å². The van der Waals surface area contributed by atoms with Crippen LogP contribution < -0.4 is 0 Å². The smallest absolute Gasteiger partial charge is 0.211 e. The van der Waals surface area contributed by atoms with E-state index < -0.39 is 0 Å². The van der Waals surface area contributed by atoms with Gasteiger partial charge in [-0.25, -0.2) is 4.98 Å². The van der Waals surface area contributed by atoms with Crippen LogP contribution in [0.1, 0.15) is 16.1 Å². The maximum Gasteiger partial charge on any atom is 0.211 e. The first-order valence-electron chi connectivity index (χ1n) is 8.18. The number of ketones is 1. The van der Waals surface area contributed by atoms with Gasteiger partial charge in [0.2, 0.25) is 5.78 Å². The van der Waals surface area contributed by atoms with Crippen LogP contribution in [-0.2, 0) is 0 Å². The Hall–Kier alpha value is -2.20. The highest BCUT2D eigenvalue weighted by molar-refractivity contribution is 9.10. The quantitative estimate of drug-likeness (QED) is 0.305. The molecule has 132 valence electrons. The molecule has 4 rings (SSSR count). The molecule has 1 aromatic heterocycles. The second kappa shape index (κ2) is 7.43. The molecule has 0 bridgehead atoms. The topological polar surface area (TPSA) is 30.0 Å². The molecule has 5 heteroatoms. The minimum atomic E-state index is -0.151. The zero-order valence-corrected chi connectivity index (χ0v) is 17.0. The van der Waals surface area contributed by atoms with Crippen LogP contribution in [0, 0.1) is 0 Å². The molecule has 0 atom stereocenters. The number of nitrogens with zero attached hydrogens (tertiary/aromatic N) is 1. The number of hydrogen-bond donors (Lipinski definition) is 0. The van der Waals surface area contributed by atoms with Crippen LogP contribution in [0.3, 0.4) is 0 Å². The molecule has 0 amide bonds. The fourth-order valence-electron chi connectivity index (χ4n) is 2.93. The summed E-state index contributed by atoms with van der Waals surface area (Å²) in [7, 11) is 0. The van der Waals surface area contributed by atoms with Gasteiger partial charge in [-0.2, -0.15) is 0 Å². The van der Waals surface area contributed by atoms with E-state index in [9.17, 15) is 4.79 Å². The Morgan fingerprint density at radius 1 is 0.815 bits per heavy atom. The molecule has 1 heterocycles. The summed E-state index contributed by atoms with van der Waals surface area (Å²) in [6, 6.07) is 22.0. The number of carbonyl (C=O) groups excluding carboxylic acids is 1. The van der Waals surface area contributed by atoms with Gasteiger partial charge in [0, 0.05) is 25.5 Å². The van der Waals surface area contributed by atoms with Crippen molar-refractivity contribution in [3.8, 4) is 11.1 Å². The lowest BCUT2D eigenvalue weighted by molar-refractivity contribution is 0.103. The Morgan fingerprint density at radius 3 is 2.19 bits per heavy atom. The van der Waals surface area contributed by atoms with Crippen molar-refractivity contribution < 1.29 is 4.79 Å². The Labute approximate surface area is 174 Å². The summed E-state index contributed by atoms with van der Waals surface area (Å²) >= 11 is 15.6. The molecule has 0 N–H and O–H groups in total. The third-order valence-corrected chi connectivity index (χ3v) is 5.28. The molecule has 3 aromatic carbocycles. The molecule has 27 heavy (non-hydrogen) atoms. The zero-order valence-electron chi connectivity index (χ0n) is 13.9. The van der Waals surface area contributed by atoms with E-state index >= 15 is 0 Å². The lowest BCUT2D eigenvalue weighted by Gasteiger charge is -2.10. The second-order valence-electron chi connectivity index (χ2n) is 6.06. The summed E-state index contributed by atoms with van der Waals surface area (Å²) in [6.45, 7) is 0. The van der Waals surface area contributed by atoms with Crippen LogP contribution in [0.2, 0.25) is 10.0 Å². The average Bonchev–Trinajstić information content (AvgIpc) is 2.68. The van der Waals surface area contributed by atoms with Crippen LogP contribution in [0.15, 0.2) is 77.3 Å². The van der Waals surface area contributed by atoms with Gasteiger partial charge in [0.05, 0.1) is 5.52 Å². The summed E-state index contributed by atoms with van der Waals surface area (Å²) in [5.74, 6) is -0.151. The molecule has 0 unspecified atom stereocenters. The number of hydrogen-bond acceptors (Lipinski definition) is 2. The summed E-state index contributed by atoms with van der Waals surface area (Å²) in [5.41, 5.74) is 3.54. The highest BCUT2D eigenvalue weighted by Crippen LogP contribution is 2.32. The minimum Gasteiger partial charge on any atom is -0.287 e. The SMILES string of the molecule is O=C(c1ccc(Cl)cc1)c1cc(-c2ccc(Br)cc2)c2cc(Cl)ccc2n1. The van der Waals surface area contributed by atoms with Crippen molar-refractivity contribution in [2.24, 2.45) is 0 Å². The number of aromatic nitrogens is 1. The van der Waals surface area contributed by atoms with Crippen LogP contribution in [0.4, 0.5) is 0 Å². The maximum atomic E-state index is 13.0. The van der Waals surface area contributed by atoms with Crippen molar-refractivity contribution in [2.45, 2.75) is 0 Å². The highest BCUT2D eigenvalue weighted by atomic mass is 79.9. The lowest BCUT2D eigenvalue weighted by Crippen LogP contribution is -2.05. The highest BCUT2D eigenvalue weighted by Gasteiger charge is 2.15. The number of benzene rings is 3. The number of fused-ring (bicyclic) bond motifs is 1. The van der Waals surface area contributed by atoms with Crippen LogP contribution in [0.5, 0.6) is 0 Å². The second-order valence-corrected chi connectivity index (χ2v) is 7.85. The fraction of sp³-hybridized carbons (Fsp3) is 0. The molecule has 4 aromatic rings. The molecular formula is C22H12BrCl2NO. The molecule has 0 spiro atoms. The van der Waals surface area contributed by atoms with Crippen molar-refractivity contribution in [3.05, 3.63) is 98.6 Å². The predicted octanol–water partition coefficient (Wildman–Crippen LogP) is 7.20. The number of pyridine rings is 1. The van der Waals surface area contributed by atoms with E-state index in [1.807, 2.05) is 42.5 Å². The monoisotopic (exact) mass is 455 g/mol. The van der Waals surface area contributed by atoms with E-state index in [2.05, 4.69) is 20.9 Å².